The third-order valence-electron chi connectivity index (χ3n) is 3.58. The van der Waals surface area contributed by atoms with Gasteiger partial charge in [0.25, 0.3) is 5.56 Å². The molecule has 0 fully saturated rings. The first-order valence-corrected chi connectivity index (χ1v) is 6.99. The number of benzene rings is 1. The molecule has 0 aliphatic rings. The highest BCUT2D eigenvalue weighted by Crippen LogP contribution is 2.23. The molecule has 0 saturated heterocycles. The highest BCUT2D eigenvalue weighted by Gasteiger charge is 2.12. The molecular weight excluding hydrogens is 266 g/mol. The van der Waals surface area contributed by atoms with Crippen LogP contribution in [-0.2, 0) is 12.8 Å². The van der Waals surface area contributed by atoms with Crippen LogP contribution in [0.3, 0.4) is 0 Å². The number of hydrogen-bond acceptors (Lipinski definition) is 4. The van der Waals surface area contributed by atoms with Gasteiger partial charge in [-0.05, 0) is 31.0 Å². The first-order chi connectivity index (χ1) is 10.1. The number of H-pyrrole nitrogens is 1. The Morgan fingerprint density at radius 3 is 2.76 bits per heavy atom. The number of fused-ring (bicyclic) bond motifs is 1. The number of aromatic nitrogens is 4. The maximum atomic E-state index is 11.8. The monoisotopic (exact) mass is 283 g/mol. The van der Waals surface area contributed by atoms with E-state index in [-0.39, 0.29) is 5.56 Å². The van der Waals surface area contributed by atoms with Crippen LogP contribution in [0.25, 0.3) is 16.6 Å². The largest absolute Gasteiger partial charge is 0.397 e. The molecule has 3 rings (SSSR count). The summed E-state index contributed by atoms with van der Waals surface area (Å²) in [5, 5.41) is 5.07. The molecule has 3 aromatic rings. The van der Waals surface area contributed by atoms with Gasteiger partial charge in [0.15, 0.2) is 0 Å². The number of aryl methyl sites for hydroxylation is 2. The molecule has 0 bridgehead atoms. The predicted molar refractivity (Wildman–Crippen MR) is 82.7 cm³/mol. The highest BCUT2D eigenvalue weighted by molar-refractivity contribution is 5.85. The lowest BCUT2D eigenvalue weighted by Crippen LogP contribution is -2.10. The zero-order valence-electron chi connectivity index (χ0n) is 12.1. The summed E-state index contributed by atoms with van der Waals surface area (Å²) in [7, 11) is 0. The number of nitrogen functional groups attached to an aromatic ring is 1. The summed E-state index contributed by atoms with van der Waals surface area (Å²) in [4.78, 5) is 18.5. The van der Waals surface area contributed by atoms with Crippen molar-refractivity contribution in [3.05, 3.63) is 46.3 Å². The normalized spacial score (nSPS) is 11.1. The van der Waals surface area contributed by atoms with E-state index in [1.54, 1.807) is 6.07 Å². The zero-order valence-corrected chi connectivity index (χ0v) is 12.1. The first kappa shape index (κ1) is 13.4. The second-order valence-corrected chi connectivity index (χ2v) is 4.91. The van der Waals surface area contributed by atoms with E-state index in [1.807, 2.05) is 10.7 Å². The van der Waals surface area contributed by atoms with Crippen molar-refractivity contribution in [3.63, 3.8) is 0 Å². The van der Waals surface area contributed by atoms with Crippen molar-refractivity contribution in [1.82, 2.24) is 19.7 Å². The molecule has 108 valence electrons. The second kappa shape index (κ2) is 5.05. The molecule has 0 aliphatic carbocycles. The molecule has 0 radical (unpaired) electrons. The quantitative estimate of drug-likeness (QED) is 0.717. The third kappa shape index (κ3) is 2.18. The number of nitrogens with zero attached hydrogens (tertiary/aromatic N) is 3. The van der Waals surface area contributed by atoms with Gasteiger partial charge in [-0.25, -0.2) is 9.67 Å². The maximum Gasteiger partial charge on any atom is 0.258 e. The summed E-state index contributed by atoms with van der Waals surface area (Å²) >= 11 is 0. The van der Waals surface area contributed by atoms with Crippen molar-refractivity contribution in [1.29, 1.82) is 0 Å². The zero-order chi connectivity index (χ0) is 15.0. The Morgan fingerprint density at radius 2 is 2.05 bits per heavy atom. The molecule has 6 heteroatoms. The van der Waals surface area contributed by atoms with E-state index < -0.39 is 0 Å². The molecular formula is C15H17N5O. The van der Waals surface area contributed by atoms with Gasteiger partial charge in [0.1, 0.15) is 0 Å². The van der Waals surface area contributed by atoms with Gasteiger partial charge >= 0.3 is 0 Å². The highest BCUT2D eigenvalue weighted by atomic mass is 16.1. The van der Waals surface area contributed by atoms with Crippen molar-refractivity contribution in [2.45, 2.75) is 26.7 Å². The van der Waals surface area contributed by atoms with E-state index in [9.17, 15) is 4.79 Å². The van der Waals surface area contributed by atoms with Gasteiger partial charge in [-0.3, -0.25) is 4.79 Å². The van der Waals surface area contributed by atoms with E-state index >= 15 is 0 Å². The van der Waals surface area contributed by atoms with Gasteiger partial charge in [0.05, 0.1) is 34.3 Å². The smallest absolute Gasteiger partial charge is 0.258 e. The van der Waals surface area contributed by atoms with Crippen LogP contribution in [0, 0.1) is 0 Å². The summed E-state index contributed by atoms with van der Waals surface area (Å²) in [5.74, 6) is 0. The number of hydrogen-bond donors (Lipinski definition) is 2. The standard InChI is InChI=1S/C15H17N5O/c1-3-9-5-10(4-2)20(19-9)14-7-13-11(6-12(14)16)15(21)18-8-17-13/h5-8H,3-4,16H2,1-2H3,(H,17,18,21). The van der Waals surface area contributed by atoms with Crippen molar-refractivity contribution in [2.24, 2.45) is 0 Å². The molecule has 0 atom stereocenters. The summed E-state index contributed by atoms with van der Waals surface area (Å²) in [6.07, 6.45) is 3.12. The van der Waals surface area contributed by atoms with Crippen LogP contribution in [-0.4, -0.2) is 19.7 Å². The van der Waals surface area contributed by atoms with Crippen LogP contribution in [0.4, 0.5) is 5.69 Å². The fourth-order valence-electron chi connectivity index (χ4n) is 2.41. The fourth-order valence-corrected chi connectivity index (χ4v) is 2.41. The maximum absolute atomic E-state index is 11.8. The average Bonchev–Trinajstić information content (AvgIpc) is 2.91. The van der Waals surface area contributed by atoms with Gasteiger partial charge in [0, 0.05) is 5.69 Å². The first-order valence-electron chi connectivity index (χ1n) is 6.99. The summed E-state index contributed by atoms with van der Waals surface area (Å²) in [6, 6.07) is 5.55. The topological polar surface area (TPSA) is 89.6 Å². The Morgan fingerprint density at radius 1 is 1.24 bits per heavy atom. The van der Waals surface area contributed by atoms with Crippen LogP contribution in [0.5, 0.6) is 0 Å². The van der Waals surface area contributed by atoms with Crippen LogP contribution >= 0.6 is 0 Å². The Balaban J connectivity index is 2.27. The summed E-state index contributed by atoms with van der Waals surface area (Å²) in [5.41, 5.74) is 9.92. The van der Waals surface area contributed by atoms with E-state index in [2.05, 4.69) is 35.0 Å². The number of nitrogens with two attached hydrogens (primary N) is 1. The van der Waals surface area contributed by atoms with Crippen LogP contribution in [0.2, 0.25) is 0 Å². The lowest BCUT2D eigenvalue weighted by atomic mass is 10.2. The minimum absolute atomic E-state index is 0.191. The number of aromatic amines is 1. The minimum atomic E-state index is -0.191. The Hall–Kier alpha value is -2.63. The number of rotatable bonds is 3. The van der Waals surface area contributed by atoms with E-state index in [1.165, 1.54) is 6.33 Å². The SMILES string of the molecule is CCc1cc(CC)n(-c2cc3nc[nH]c(=O)c3cc2N)n1. The Labute approximate surface area is 121 Å². The van der Waals surface area contributed by atoms with Crippen molar-refractivity contribution >= 4 is 16.6 Å². The molecule has 1 aromatic carbocycles. The van der Waals surface area contributed by atoms with Crippen molar-refractivity contribution in [3.8, 4) is 5.69 Å². The molecule has 0 unspecified atom stereocenters. The van der Waals surface area contributed by atoms with Crippen LogP contribution < -0.4 is 11.3 Å². The summed E-state index contributed by atoms with van der Waals surface area (Å²) in [6.45, 7) is 4.14. The van der Waals surface area contributed by atoms with Crippen LogP contribution in [0.15, 0.2) is 29.3 Å². The number of nitrogens with one attached hydrogen (secondary N) is 1. The Kier molecular flexibility index (Phi) is 3.21. The summed E-state index contributed by atoms with van der Waals surface area (Å²) < 4.78 is 1.84. The minimum Gasteiger partial charge on any atom is -0.397 e. The molecule has 2 heterocycles. The van der Waals surface area contributed by atoms with Crippen LogP contribution in [0.1, 0.15) is 25.2 Å². The predicted octanol–water partition coefficient (Wildman–Crippen LogP) is 1.82. The van der Waals surface area contributed by atoms with Crippen molar-refractivity contribution in [2.75, 3.05) is 5.73 Å². The second-order valence-electron chi connectivity index (χ2n) is 4.91. The van der Waals surface area contributed by atoms with Gasteiger partial charge in [-0.15, -0.1) is 0 Å². The molecule has 3 N–H and O–H groups in total. The average molecular weight is 283 g/mol. The molecule has 6 nitrogen and oxygen atoms in total. The Bertz CT molecular complexity index is 862. The van der Waals surface area contributed by atoms with Gasteiger partial charge in [-0.2, -0.15) is 5.10 Å². The number of anilines is 1. The molecule has 0 aliphatic heterocycles. The van der Waals surface area contributed by atoms with E-state index in [0.717, 1.165) is 29.9 Å². The van der Waals surface area contributed by atoms with E-state index in [0.29, 0.717) is 16.6 Å². The molecule has 0 amide bonds. The lowest BCUT2D eigenvalue weighted by molar-refractivity contribution is 0.796. The molecule has 0 spiro atoms. The lowest BCUT2D eigenvalue weighted by Gasteiger charge is -2.10. The fraction of sp³-hybridized carbons (Fsp3) is 0.267. The molecule has 0 saturated carbocycles. The van der Waals surface area contributed by atoms with E-state index in [4.69, 9.17) is 5.73 Å². The van der Waals surface area contributed by atoms with Gasteiger partial charge in [0.2, 0.25) is 0 Å². The third-order valence-corrected chi connectivity index (χ3v) is 3.58. The molecule has 21 heavy (non-hydrogen) atoms. The van der Waals surface area contributed by atoms with Gasteiger partial charge < -0.3 is 10.7 Å². The molecule has 2 aromatic heterocycles. The van der Waals surface area contributed by atoms with Gasteiger partial charge in [-0.1, -0.05) is 13.8 Å². The van der Waals surface area contributed by atoms with Crippen molar-refractivity contribution < 1.29 is 0 Å².